The Kier molecular flexibility index (Phi) is 4.57. The quantitative estimate of drug-likeness (QED) is 0.598. The maximum atomic E-state index is 13.0. The SMILES string of the molecule is Cc1ccc(C(=O)N2CCC(C)Sc3ccccc32)cc1[N+](=O)[O-]. The van der Waals surface area contributed by atoms with Crippen molar-refractivity contribution in [2.24, 2.45) is 0 Å². The molecule has 1 atom stereocenters. The first-order valence-corrected chi connectivity index (χ1v) is 8.68. The van der Waals surface area contributed by atoms with Crippen LogP contribution in [0.2, 0.25) is 0 Å². The number of hydrogen-bond donors (Lipinski definition) is 0. The van der Waals surface area contributed by atoms with Crippen LogP contribution in [0.25, 0.3) is 0 Å². The molecule has 2 aromatic carbocycles. The fourth-order valence-electron chi connectivity index (χ4n) is 2.79. The van der Waals surface area contributed by atoms with Crippen LogP contribution in [0.5, 0.6) is 0 Å². The van der Waals surface area contributed by atoms with Gasteiger partial charge in [-0.2, -0.15) is 0 Å². The van der Waals surface area contributed by atoms with E-state index in [4.69, 9.17) is 0 Å². The average Bonchev–Trinajstić information content (AvgIpc) is 2.72. The number of carbonyl (C=O) groups excluding carboxylic acids is 1. The van der Waals surface area contributed by atoms with Crippen molar-refractivity contribution >= 4 is 29.0 Å². The van der Waals surface area contributed by atoms with Crippen LogP contribution in [0.4, 0.5) is 11.4 Å². The van der Waals surface area contributed by atoms with Crippen molar-refractivity contribution in [3.63, 3.8) is 0 Å². The molecule has 24 heavy (non-hydrogen) atoms. The lowest BCUT2D eigenvalue weighted by atomic mass is 10.1. The lowest BCUT2D eigenvalue weighted by Crippen LogP contribution is -2.32. The molecule has 0 spiro atoms. The molecule has 6 heteroatoms. The van der Waals surface area contributed by atoms with Crippen molar-refractivity contribution in [3.05, 3.63) is 63.7 Å². The first kappa shape index (κ1) is 16.5. The van der Waals surface area contributed by atoms with Gasteiger partial charge in [0.15, 0.2) is 0 Å². The number of nitro benzene ring substituents is 1. The first-order valence-electron chi connectivity index (χ1n) is 7.80. The van der Waals surface area contributed by atoms with Crippen molar-refractivity contribution in [2.45, 2.75) is 30.4 Å². The zero-order chi connectivity index (χ0) is 17.3. The van der Waals surface area contributed by atoms with E-state index in [1.54, 1.807) is 35.7 Å². The monoisotopic (exact) mass is 342 g/mol. The molecule has 2 aromatic rings. The summed E-state index contributed by atoms with van der Waals surface area (Å²) in [5, 5.41) is 11.6. The zero-order valence-electron chi connectivity index (χ0n) is 13.6. The fraction of sp³-hybridized carbons (Fsp3) is 0.278. The van der Waals surface area contributed by atoms with Crippen molar-refractivity contribution in [1.29, 1.82) is 0 Å². The van der Waals surface area contributed by atoms with Crippen molar-refractivity contribution < 1.29 is 9.72 Å². The number of amides is 1. The number of anilines is 1. The van der Waals surface area contributed by atoms with Crippen LogP contribution < -0.4 is 4.90 Å². The number of benzene rings is 2. The van der Waals surface area contributed by atoms with Gasteiger partial charge in [0.2, 0.25) is 0 Å². The van der Waals surface area contributed by atoms with E-state index in [-0.39, 0.29) is 11.6 Å². The molecule has 1 heterocycles. The molecule has 0 radical (unpaired) electrons. The summed E-state index contributed by atoms with van der Waals surface area (Å²) in [5.74, 6) is -0.194. The Morgan fingerprint density at radius 3 is 2.79 bits per heavy atom. The Morgan fingerprint density at radius 2 is 2.04 bits per heavy atom. The molecular formula is C18H18N2O3S. The van der Waals surface area contributed by atoms with Crippen LogP contribution in [0.15, 0.2) is 47.4 Å². The molecule has 0 aliphatic carbocycles. The van der Waals surface area contributed by atoms with Gasteiger partial charge in [0.25, 0.3) is 11.6 Å². The maximum Gasteiger partial charge on any atom is 0.273 e. The Bertz CT molecular complexity index is 807. The third kappa shape index (κ3) is 3.14. The number of para-hydroxylation sites is 1. The van der Waals surface area contributed by atoms with Crippen LogP contribution in [-0.4, -0.2) is 22.6 Å². The normalized spacial score (nSPS) is 17.1. The predicted octanol–water partition coefficient (Wildman–Crippen LogP) is 4.43. The van der Waals surface area contributed by atoms with E-state index in [0.717, 1.165) is 17.0 Å². The molecule has 1 aliphatic rings. The molecular weight excluding hydrogens is 324 g/mol. The van der Waals surface area contributed by atoms with Gasteiger partial charge in [0.05, 0.1) is 10.6 Å². The molecule has 0 saturated heterocycles. The highest BCUT2D eigenvalue weighted by Crippen LogP contribution is 2.38. The minimum absolute atomic E-state index is 0.0216. The summed E-state index contributed by atoms with van der Waals surface area (Å²) in [6, 6.07) is 12.5. The first-order chi connectivity index (χ1) is 11.5. The number of hydrogen-bond acceptors (Lipinski definition) is 4. The van der Waals surface area contributed by atoms with Gasteiger partial charge < -0.3 is 4.90 Å². The standard InChI is InChI=1S/C18H18N2O3S/c1-12-7-8-14(11-16(12)20(22)23)18(21)19-10-9-13(2)24-17-6-4-3-5-15(17)19/h3-8,11,13H,9-10H2,1-2H3. The van der Waals surface area contributed by atoms with Gasteiger partial charge in [-0.1, -0.05) is 25.1 Å². The topological polar surface area (TPSA) is 63.5 Å². The van der Waals surface area contributed by atoms with Gasteiger partial charge in [-0.05, 0) is 31.5 Å². The highest BCUT2D eigenvalue weighted by atomic mass is 32.2. The zero-order valence-corrected chi connectivity index (χ0v) is 14.4. The summed E-state index contributed by atoms with van der Waals surface area (Å²) in [7, 11) is 0. The van der Waals surface area contributed by atoms with Crippen LogP contribution >= 0.6 is 11.8 Å². The number of rotatable bonds is 2. The summed E-state index contributed by atoms with van der Waals surface area (Å²) in [6.07, 6.45) is 0.874. The molecule has 0 saturated carbocycles. The second-order valence-corrected chi connectivity index (χ2v) is 7.38. The summed E-state index contributed by atoms with van der Waals surface area (Å²) in [6.45, 7) is 4.42. The minimum atomic E-state index is -0.444. The Morgan fingerprint density at radius 1 is 1.29 bits per heavy atom. The number of nitro groups is 1. The van der Waals surface area contributed by atoms with Crippen molar-refractivity contribution in [3.8, 4) is 0 Å². The molecule has 0 aromatic heterocycles. The second kappa shape index (κ2) is 6.65. The highest BCUT2D eigenvalue weighted by molar-refractivity contribution is 8.00. The lowest BCUT2D eigenvalue weighted by Gasteiger charge is -2.22. The van der Waals surface area contributed by atoms with Gasteiger partial charge in [-0.3, -0.25) is 14.9 Å². The van der Waals surface area contributed by atoms with Gasteiger partial charge >= 0.3 is 0 Å². The molecule has 0 fully saturated rings. The van der Waals surface area contributed by atoms with Crippen molar-refractivity contribution in [1.82, 2.24) is 0 Å². The van der Waals surface area contributed by atoms with Gasteiger partial charge in [0.1, 0.15) is 0 Å². The molecule has 1 unspecified atom stereocenters. The number of nitrogens with zero attached hydrogens (tertiary/aromatic N) is 2. The van der Waals surface area contributed by atoms with E-state index >= 15 is 0 Å². The van der Waals surface area contributed by atoms with E-state index in [0.29, 0.717) is 22.9 Å². The van der Waals surface area contributed by atoms with E-state index in [9.17, 15) is 14.9 Å². The Labute approximate surface area is 144 Å². The molecule has 1 aliphatic heterocycles. The lowest BCUT2D eigenvalue weighted by molar-refractivity contribution is -0.385. The average molecular weight is 342 g/mol. The van der Waals surface area contributed by atoms with Gasteiger partial charge in [-0.15, -0.1) is 11.8 Å². The molecule has 0 N–H and O–H groups in total. The van der Waals surface area contributed by atoms with Crippen molar-refractivity contribution in [2.75, 3.05) is 11.4 Å². The summed E-state index contributed by atoms with van der Waals surface area (Å²) in [4.78, 5) is 26.5. The molecule has 0 bridgehead atoms. The number of aryl methyl sites for hydroxylation is 1. The van der Waals surface area contributed by atoms with E-state index in [1.807, 2.05) is 24.3 Å². The second-order valence-electron chi connectivity index (χ2n) is 5.90. The third-order valence-corrected chi connectivity index (χ3v) is 5.38. The Hall–Kier alpha value is -2.34. The number of thioether (sulfide) groups is 1. The van der Waals surface area contributed by atoms with Crippen LogP contribution in [-0.2, 0) is 0 Å². The summed E-state index contributed by atoms with van der Waals surface area (Å²) >= 11 is 1.76. The van der Waals surface area contributed by atoms with E-state index in [1.165, 1.54) is 6.07 Å². The van der Waals surface area contributed by atoms with Crippen LogP contribution in [0, 0.1) is 17.0 Å². The number of carbonyl (C=O) groups is 1. The fourth-order valence-corrected chi connectivity index (χ4v) is 3.91. The third-order valence-electron chi connectivity index (χ3n) is 4.14. The maximum absolute atomic E-state index is 13.0. The smallest absolute Gasteiger partial charge is 0.273 e. The largest absolute Gasteiger partial charge is 0.307 e. The van der Waals surface area contributed by atoms with Gasteiger partial charge in [-0.25, -0.2) is 0 Å². The summed E-state index contributed by atoms with van der Waals surface area (Å²) in [5.41, 5.74) is 1.76. The molecule has 3 rings (SSSR count). The number of fused-ring (bicyclic) bond motifs is 1. The molecule has 5 nitrogen and oxygen atoms in total. The molecule has 124 valence electrons. The molecule has 1 amide bonds. The van der Waals surface area contributed by atoms with E-state index in [2.05, 4.69) is 6.92 Å². The van der Waals surface area contributed by atoms with Crippen LogP contribution in [0.3, 0.4) is 0 Å². The predicted molar refractivity (Wildman–Crippen MR) is 95.9 cm³/mol. The minimum Gasteiger partial charge on any atom is -0.307 e. The van der Waals surface area contributed by atoms with E-state index < -0.39 is 4.92 Å². The Balaban J connectivity index is 2.01. The van der Waals surface area contributed by atoms with Crippen LogP contribution in [0.1, 0.15) is 29.3 Å². The van der Waals surface area contributed by atoms with Gasteiger partial charge in [0, 0.05) is 33.9 Å². The highest BCUT2D eigenvalue weighted by Gasteiger charge is 2.26. The summed E-state index contributed by atoms with van der Waals surface area (Å²) < 4.78 is 0.